The summed E-state index contributed by atoms with van der Waals surface area (Å²) in [5, 5.41) is 0. The molecule has 0 bridgehead atoms. The number of piperidine rings is 1. The maximum Gasteiger partial charge on any atom is 0.229 e. The zero-order valence-electron chi connectivity index (χ0n) is 10.2. The van der Waals surface area contributed by atoms with E-state index in [2.05, 4.69) is 13.8 Å². The molecule has 0 radical (unpaired) electrons. The van der Waals surface area contributed by atoms with Crippen molar-refractivity contribution < 1.29 is 9.53 Å². The van der Waals surface area contributed by atoms with Crippen LogP contribution in [-0.4, -0.2) is 43.2 Å². The van der Waals surface area contributed by atoms with Gasteiger partial charge in [-0.05, 0) is 18.3 Å². The van der Waals surface area contributed by atoms with E-state index < -0.39 is 0 Å². The number of likely N-dealkylation sites (tertiary alicyclic amines) is 1. The van der Waals surface area contributed by atoms with Crippen molar-refractivity contribution in [3.63, 3.8) is 0 Å². The van der Waals surface area contributed by atoms with Crippen LogP contribution in [0.1, 0.15) is 20.3 Å². The van der Waals surface area contributed by atoms with E-state index >= 15 is 0 Å². The molecule has 0 spiro atoms. The number of ether oxygens (including phenoxy) is 1. The van der Waals surface area contributed by atoms with Crippen LogP contribution in [0.15, 0.2) is 0 Å². The minimum absolute atomic E-state index is 0.111. The Kier molecular flexibility index (Phi) is 3.50. The van der Waals surface area contributed by atoms with E-state index in [0.717, 1.165) is 13.1 Å². The molecule has 0 aromatic heterocycles. The van der Waals surface area contributed by atoms with Crippen LogP contribution in [0.5, 0.6) is 0 Å². The fraction of sp³-hybridized carbons (Fsp3) is 0.917. The van der Waals surface area contributed by atoms with Gasteiger partial charge in [0.1, 0.15) is 0 Å². The number of amides is 1. The molecule has 0 saturated carbocycles. The number of rotatable bonds is 1. The van der Waals surface area contributed by atoms with Crippen molar-refractivity contribution in [2.75, 3.05) is 26.3 Å². The summed E-state index contributed by atoms with van der Waals surface area (Å²) in [5.74, 6) is 1.29. The average Bonchev–Trinajstić information content (AvgIpc) is 2.62. The molecule has 4 nitrogen and oxygen atoms in total. The lowest BCUT2D eigenvalue weighted by Gasteiger charge is -2.36. The van der Waals surface area contributed by atoms with Gasteiger partial charge in [0, 0.05) is 19.1 Å². The van der Waals surface area contributed by atoms with Crippen molar-refractivity contribution in [1.29, 1.82) is 0 Å². The van der Waals surface area contributed by atoms with Crippen LogP contribution in [0.25, 0.3) is 0 Å². The summed E-state index contributed by atoms with van der Waals surface area (Å²) in [6.07, 6.45) is 1.22. The molecular weight excluding hydrogens is 204 g/mol. The molecule has 2 aliphatic heterocycles. The van der Waals surface area contributed by atoms with Gasteiger partial charge >= 0.3 is 0 Å². The molecule has 2 heterocycles. The largest absolute Gasteiger partial charge is 0.379 e. The molecule has 1 amide bonds. The fourth-order valence-corrected chi connectivity index (χ4v) is 2.90. The second-order valence-electron chi connectivity index (χ2n) is 5.50. The van der Waals surface area contributed by atoms with E-state index in [1.54, 1.807) is 0 Å². The highest BCUT2D eigenvalue weighted by Crippen LogP contribution is 2.24. The summed E-state index contributed by atoms with van der Waals surface area (Å²) in [5.41, 5.74) is 5.88. The van der Waals surface area contributed by atoms with E-state index in [-0.39, 0.29) is 17.9 Å². The first-order chi connectivity index (χ1) is 7.58. The molecule has 2 aliphatic rings. The Hall–Kier alpha value is -0.610. The SMILES string of the molecule is CC1CC(C)CN(C(=O)C2COCC2N)C1. The maximum atomic E-state index is 12.3. The Morgan fingerprint density at radius 1 is 1.25 bits per heavy atom. The maximum absolute atomic E-state index is 12.3. The van der Waals surface area contributed by atoms with Crippen molar-refractivity contribution in [3.05, 3.63) is 0 Å². The van der Waals surface area contributed by atoms with Gasteiger partial charge in [-0.2, -0.15) is 0 Å². The number of hydrogen-bond donors (Lipinski definition) is 1. The summed E-state index contributed by atoms with van der Waals surface area (Å²) in [7, 11) is 0. The summed E-state index contributed by atoms with van der Waals surface area (Å²) in [4.78, 5) is 14.3. The van der Waals surface area contributed by atoms with E-state index in [9.17, 15) is 4.79 Å². The Morgan fingerprint density at radius 2 is 1.88 bits per heavy atom. The van der Waals surface area contributed by atoms with Crippen molar-refractivity contribution in [3.8, 4) is 0 Å². The smallest absolute Gasteiger partial charge is 0.229 e. The lowest BCUT2D eigenvalue weighted by Crippen LogP contribution is -2.49. The Labute approximate surface area is 97.1 Å². The molecule has 2 saturated heterocycles. The molecule has 4 heteroatoms. The molecule has 4 unspecified atom stereocenters. The van der Waals surface area contributed by atoms with Crippen LogP contribution >= 0.6 is 0 Å². The van der Waals surface area contributed by atoms with Gasteiger partial charge in [-0.1, -0.05) is 13.8 Å². The third-order valence-corrected chi connectivity index (χ3v) is 3.62. The third kappa shape index (κ3) is 2.38. The Bertz CT molecular complexity index is 260. The second kappa shape index (κ2) is 4.72. The highest BCUT2D eigenvalue weighted by Gasteiger charge is 2.36. The van der Waals surface area contributed by atoms with Gasteiger partial charge < -0.3 is 15.4 Å². The molecule has 92 valence electrons. The number of nitrogens with two attached hydrogens (primary N) is 1. The summed E-state index contributed by atoms with van der Waals surface area (Å²) < 4.78 is 5.26. The predicted octanol–water partition coefficient (Wildman–Crippen LogP) is 0.465. The summed E-state index contributed by atoms with van der Waals surface area (Å²) in [6, 6.07) is -0.111. The van der Waals surface area contributed by atoms with Crippen molar-refractivity contribution in [1.82, 2.24) is 4.90 Å². The summed E-state index contributed by atoms with van der Waals surface area (Å²) >= 11 is 0. The zero-order valence-corrected chi connectivity index (χ0v) is 10.2. The fourth-order valence-electron chi connectivity index (χ4n) is 2.90. The molecule has 0 aliphatic carbocycles. The molecule has 4 atom stereocenters. The van der Waals surface area contributed by atoms with Gasteiger partial charge in [-0.3, -0.25) is 4.79 Å². The second-order valence-corrected chi connectivity index (χ2v) is 5.50. The molecule has 2 fully saturated rings. The Balaban J connectivity index is 1.98. The van der Waals surface area contributed by atoms with Crippen molar-refractivity contribution in [2.24, 2.45) is 23.5 Å². The average molecular weight is 226 g/mol. The predicted molar refractivity (Wildman–Crippen MR) is 61.8 cm³/mol. The van der Waals surface area contributed by atoms with Crippen molar-refractivity contribution in [2.45, 2.75) is 26.3 Å². The van der Waals surface area contributed by atoms with E-state index in [1.165, 1.54) is 6.42 Å². The molecule has 0 aromatic rings. The van der Waals surface area contributed by atoms with Crippen molar-refractivity contribution >= 4 is 5.91 Å². The van der Waals surface area contributed by atoms with Crippen LogP contribution in [0.4, 0.5) is 0 Å². The molecule has 0 aromatic carbocycles. The standard InChI is InChI=1S/C12H22N2O2/c1-8-3-9(2)5-14(4-8)12(15)10-6-16-7-11(10)13/h8-11H,3-7,13H2,1-2H3. The van der Waals surface area contributed by atoms with Crippen LogP contribution < -0.4 is 5.73 Å². The van der Waals surface area contributed by atoms with Crippen LogP contribution in [0.3, 0.4) is 0 Å². The Morgan fingerprint density at radius 3 is 2.38 bits per heavy atom. The molecule has 16 heavy (non-hydrogen) atoms. The first-order valence-corrected chi connectivity index (χ1v) is 6.20. The monoisotopic (exact) mass is 226 g/mol. The van der Waals surface area contributed by atoms with Crippen LogP contribution in [0.2, 0.25) is 0 Å². The molecule has 2 rings (SSSR count). The zero-order chi connectivity index (χ0) is 11.7. The lowest BCUT2D eigenvalue weighted by atomic mass is 9.90. The number of carbonyl (C=O) groups is 1. The van der Waals surface area contributed by atoms with E-state index in [0.29, 0.717) is 25.0 Å². The highest BCUT2D eigenvalue weighted by atomic mass is 16.5. The minimum atomic E-state index is -0.113. The lowest BCUT2D eigenvalue weighted by molar-refractivity contribution is -0.138. The van der Waals surface area contributed by atoms with Crippen LogP contribution in [0, 0.1) is 17.8 Å². The van der Waals surface area contributed by atoms with Gasteiger partial charge in [0.15, 0.2) is 0 Å². The van der Waals surface area contributed by atoms with Crippen LogP contribution in [-0.2, 0) is 9.53 Å². The highest BCUT2D eigenvalue weighted by molar-refractivity contribution is 5.80. The first-order valence-electron chi connectivity index (χ1n) is 6.20. The first kappa shape index (κ1) is 11.9. The summed E-state index contributed by atoms with van der Waals surface area (Å²) in [6.45, 7) is 7.20. The van der Waals surface area contributed by atoms with Gasteiger partial charge in [-0.25, -0.2) is 0 Å². The third-order valence-electron chi connectivity index (χ3n) is 3.62. The minimum Gasteiger partial charge on any atom is -0.379 e. The number of carbonyl (C=O) groups excluding carboxylic acids is 1. The quantitative estimate of drug-likeness (QED) is 0.707. The van der Waals surface area contributed by atoms with Gasteiger partial charge in [0.25, 0.3) is 0 Å². The molecular formula is C12H22N2O2. The topological polar surface area (TPSA) is 55.6 Å². The normalized spacial score (nSPS) is 40.1. The van der Waals surface area contributed by atoms with Gasteiger partial charge in [0.05, 0.1) is 19.1 Å². The van der Waals surface area contributed by atoms with E-state index in [4.69, 9.17) is 10.5 Å². The number of hydrogen-bond acceptors (Lipinski definition) is 3. The van der Waals surface area contributed by atoms with Gasteiger partial charge in [-0.15, -0.1) is 0 Å². The molecule has 2 N–H and O–H groups in total. The van der Waals surface area contributed by atoms with E-state index in [1.807, 2.05) is 4.90 Å². The number of nitrogens with zero attached hydrogens (tertiary/aromatic N) is 1. The van der Waals surface area contributed by atoms with Gasteiger partial charge in [0.2, 0.25) is 5.91 Å².